The van der Waals surface area contributed by atoms with E-state index in [0.29, 0.717) is 10.3 Å². The lowest BCUT2D eigenvalue weighted by molar-refractivity contribution is 0.224. The number of hydrogen-bond acceptors (Lipinski definition) is 2. The molecule has 1 rings (SSSR count). The minimum absolute atomic E-state index is 0.0919. The van der Waals surface area contributed by atoms with Gasteiger partial charge in [-0.15, -0.1) is 0 Å². The second-order valence-electron chi connectivity index (χ2n) is 8.42. The molecule has 0 aromatic carbocycles. The van der Waals surface area contributed by atoms with Crippen LogP contribution in [-0.2, 0) is 0 Å². The summed E-state index contributed by atoms with van der Waals surface area (Å²) < 4.78 is 0. The van der Waals surface area contributed by atoms with Crippen LogP contribution in [0.5, 0.6) is 0 Å². The molecule has 111 valence electrons. The van der Waals surface area contributed by atoms with Gasteiger partial charge in [0.15, 0.2) is 0 Å². The van der Waals surface area contributed by atoms with Crippen molar-refractivity contribution in [2.24, 2.45) is 0 Å². The highest BCUT2D eigenvalue weighted by Crippen LogP contribution is 2.59. The lowest BCUT2D eigenvalue weighted by atomic mass is 10.1. The summed E-state index contributed by atoms with van der Waals surface area (Å²) in [6.45, 7) is 23.3. The molecule has 0 amide bonds. The van der Waals surface area contributed by atoms with E-state index in [4.69, 9.17) is 0 Å². The lowest BCUT2D eigenvalue weighted by Crippen LogP contribution is -2.37. The van der Waals surface area contributed by atoms with Crippen LogP contribution in [0, 0.1) is 6.67 Å². The van der Waals surface area contributed by atoms with Crippen LogP contribution >= 0.6 is 7.92 Å². The summed E-state index contributed by atoms with van der Waals surface area (Å²) in [5, 5.41) is 0.759. The van der Waals surface area contributed by atoms with Crippen LogP contribution in [0.25, 0.3) is 0 Å². The molecule has 0 saturated carbocycles. The molecular weight excluding hydrogens is 251 g/mol. The molecule has 1 aliphatic rings. The summed E-state index contributed by atoms with van der Waals surface area (Å²) in [6, 6.07) is 0. The number of nitrogens with zero attached hydrogens (tertiary/aromatic N) is 2. The second-order valence-corrected chi connectivity index (χ2v) is 12.2. The van der Waals surface area contributed by atoms with Crippen molar-refractivity contribution in [1.29, 1.82) is 0 Å². The van der Waals surface area contributed by atoms with Crippen LogP contribution in [0.2, 0.25) is 0 Å². The SMILES string of the molecule is CC(C)(C)N1[CH]N(CP(C(C)(C)C)C(C)(C)C)C=C1. The van der Waals surface area contributed by atoms with E-state index in [0.717, 1.165) is 6.29 Å². The van der Waals surface area contributed by atoms with Gasteiger partial charge in [0, 0.05) is 24.2 Å². The molecule has 0 atom stereocenters. The van der Waals surface area contributed by atoms with E-state index in [-0.39, 0.29) is 13.5 Å². The maximum absolute atomic E-state index is 2.38. The predicted molar refractivity (Wildman–Crippen MR) is 88.2 cm³/mol. The van der Waals surface area contributed by atoms with Gasteiger partial charge in [0.1, 0.15) is 6.67 Å². The Morgan fingerprint density at radius 2 is 1.26 bits per heavy atom. The van der Waals surface area contributed by atoms with Gasteiger partial charge in [0.2, 0.25) is 0 Å². The van der Waals surface area contributed by atoms with Crippen LogP contribution in [0.15, 0.2) is 12.4 Å². The Labute approximate surface area is 122 Å². The van der Waals surface area contributed by atoms with Crippen LogP contribution < -0.4 is 0 Å². The summed E-state index contributed by atoms with van der Waals surface area (Å²) in [5.41, 5.74) is 0.164. The van der Waals surface area contributed by atoms with Crippen LogP contribution in [-0.4, -0.2) is 31.9 Å². The fourth-order valence-electron chi connectivity index (χ4n) is 2.47. The standard InChI is InChI=1S/C16H32N2P/c1-14(2,3)18-11-10-17(12-18)13-19(15(4,5)6)16(7,8)9/h10-12H,13H2,1-9H3. The van der Waals surface area contributed by atoms with Gasteiger partial charge in [-0.2, -0.15) is 0 Å². The van der Waals surface area contributed by atoms with Crippen molar-refractivity contribution < 1.29 is 0 Å². The Hall–Kier alpha value is -0.230. The fraction of sp³-hybridized carbons (Fsp3) is 0.812. The van der Waals surface area contributed by atoms with E-state index in [9.17, 15) is 0 Å². The van der Waals surface area contributed by atoms with Crippen molar-refractivity contribution in [1.82, 2.24) is 9.80 Å². The van der Waals surface area contributed by atoms with Gasteiger partial charge in [0.05, 0.1) is 0 Å². The van der Waals surface area contributed by atoms with Gasteiger partial charge in [-0.05, 0) is 31.1 Å². The van der Waals surface area contributed by atoms with E-state index in [1.165, 1.54) is 0 Å². The highest BCUT2D eigenvalue weighted by atomic mass is 31.1. The highest BCUT2D eigenvalue weighted by molar-refractivity contribution is 7.60. The lowest BCUT2D eigenvalue weighted by Gasteiger charge is -2.43. The zero-order valence-electron chi connectivity index (χ0n) is 14.3. The van der Waals surface area contributed by atoms with Gasteiger partial charge in [-0.1, -0.05) is 49.5 Å². The van der Waals surface area contributed by atoms with Crippen molar-refractivity contribution in [2.75, 3.05) is 6.29 Å². The first-order valence-corrected chi connectivity index (χ1v) is 8.70. The number of hydrogen-bond donors (Lipinski definition) is 0. The quantitative estimate of drug-likeness (QED) is 0.656. The first-order valence-electron chi connectivity index (χ1n) is 7.17. The molecule has 2 nitrogen and oxygen atoms in total. The predicted octanol–water partition coefficient (Wildman–Crippen LogP) is 5.03. The molecule has 19 heavy (non-hydrogen) atoms. The molecular formula is C16H32N2P. The van der Waals surface area contributed by atoms with Crippen LogP contribution in [0.1, 0.15) is 62.3 Å². The third-order valence-electron chi connectivity index (χ3n) is 3.39. The molecule has 0 saturated heterocycles. The van der Waals surface area contributed by atoms with E-state index < -0.39 is 0 Å². The van der Waals surface area contributed by atoms with Crippen LogP contribution in [0.4, 0.5) is 0 Å². The monoisotopic (exact) mass is 283 g/mol. The fourth-order valence-corrected chi connectivity index (χ4v) is 5.82. The summed E-state index contributed by atoms with van der Waals surface area (Å²) in [6.07, 6.45) is 5.56. The maximum atomic E-state index is 2.38. The summed E-state index contributed by atoms with van der Waals surface area (Å²) in [4.78, 5) is 4.67. The second kappa shape index (κ2) is 5.28. The highest BCUT2D eigenvalue weighted by Gasteiger charge is 2.36. The number of rotatable bonds is 2. The first-order chi connectivity index (χ1) is 8.32. The summed E-state index contributed by atoms with van der Waals surface area (Å²) in [5.74, 6) is 0. The van der Waals surface area contributed by atoms with Gasteiger partial charge < -0.3 is 9.80 Å². The molecule has 0 unspecified atom stereocenters. The molecule has 0 aromatic rings. The average molecular weight is 283 g/mol. The zero-order chi connectivity index (χ0) is 15.1. The first kappa shape index (κ1) is 16.8. The Morgan fingerprint density at radius 3 is 1.58 bits per heavy atom. The van der Waals surface area contributed by atoms with E-state index in [2.05, 4.69) is 91.2 Å². The van der Waals surface area contributed by atoms with E-state index in [1.807, 2.05) is 0 Å². The molecule has 1 radical (unpaired) electrons. The Kier molecular flexibility index (Phi) is 4.67. The van der Waals surface area contributed by atoms with Crippen molar-refractivity contribution in [2.45, 2.75) is 78.2 Å². The van der Waals surface area contributed by atoms with Crippen molar-refractivity contribution >= 4 is 7.92 Å². The minimum Gasteiger partial charge on any atom is -0.349 e. The Balaban J connectivity index is 2.72. The summed E-state index contributed by atoms with van der Waals surface area (Å²) >= 11 is 0. The summed E-state index contributed by atoms with van der Waals surface area (Å²) in [7, 11) is -0.0919. The van der Waals surface area contributed by atoms with Gasteiger partial charge in [-0.25, -0.2) is 0 Å². The third kappa shape index (κ3) is 4.67. The molecule has 0 aromatic heterocycles. The van der Waals surface area contributed by atoms with Gasteiger partial charge in [-0.3, -0.25) is 0 Å². The van der Waals surface area contributed by atoms with Crippen molar-refractivity contribution in [3.8, 4) is 0 Å². The largest absolute Gasteiger partial charge is 0.349 e. The van der Waals surface area contributed by atoms with Crippen LogP contribution in [0.3, 0.4) is 0 Å². The average Bonchev–Trinajstić information content (AvgIpc) is 2.57. The molecule has 1 aliphatic heterocycles. The van der Waals surface area contributed by atoms with E-state index >= 15 is 0 Å². The smallest absolute Gasteiger partial charge is 0.142 e. The molecule has 0 bridgehead atoms. The molecule has 0 spiro atoms. The maximum Gasteiger partial charge on any atom is 0.142 e. The molecule has 0 N–H and O–H groups in total. The molecule has 0 fully saturated rings. The van der Waals surface area contributed by atoms with E-state index in [1.54, 1.807) is 0 Å². The topological polar surface area (TPSA) is 6.48 Å². The van der Waals surface area contributed by atoms with Gasteiger partial charge in [0.25, 0.3) is 0 Å². The molecule has 3 heteroatoms. The zero-order valence-corrected chi connectivity index (χ0v) is 15.2. The minimum atomic E-state index is -0.0919. The van der Waals surface area contributed by atoms with Gasteiger partial charge >= 0.3 is 0 Å². The van der Waals surface area contributed by atoms with Crippen molar-refractivity contribution in [3.63, 3.8) is 0 Å². The normalized spacial score (nSPS) is 17.8. The van der Waals surface area contributed by atoms with Crippen molar-refractivity contribution in [3.05, 3.63) is 19.1 Å². The third-order valence-corrected chi connectivity index (χ3v) is 7.24. The Morgan fingerprint density at radius 1 is 0.789 bits per heavy atom. The molecule has 0 aliphatic carbocycles. The Bertz CT molecular complexity index is 314. The molecule has 1 heterocycles.